The van der Waals surface area contributed by atoms with Crippen LogP contribution in [0.15, 0.2) is 35.4 Å². The smallest absolute Gasteiger partial charge is 0.0432 e. The van der Waals surface area contributed by atoms with Gasteiger partial charge < -0.3 is 0 Å². The molecular formula is C12H17N3. The van der Waals surface area contributed by atoms with E-state index in [1.807, 2.05) is 32.0 Å². The van der Waals surface area contributed by atoms with E-state index in [0.29, 0.717) is 0 Å². The van der Waals surface area contributed by atoms with Crippen molar-refractivity contribution in [2.75, 3.05) is 0 Å². The largest absolute Gasteiger partial charge is 0.0878 e. The molecule has 0 amide bonds. The first-order chi connectivity index (χ1) is 7.14. The topological polar surface area (TPSA) is 48.8 Å². The van der Waals surface area contributed by atoms with Crippen LogP contribution in [0.2, 0.25) is 0 Å². The third-order valence-electron chi connectivity index (χ3n) is 2.41. The van der Waals surface area contributed by atoms with Crippen molar-refractivity contribution in [2.24, 2.45) is 5.11 Å². The molecule has 0 saturated carbocycles. The van der Waals surface area contributed by atoms with Crippen LogP contribution in [-0.2, 0) is 6.42 Å². The Morgan fingerprint density at radius 1 is 1.27 bits per heavy atom. The fourth-order valence-electron chi connectivity index (χ4n) is 1.54. The van der Waals surface area contributed by atoms with Crippen molar-refractivity contribution in [3.8, 4) is 0 Å². The maximum Gasteiger partial charge on any atom is 0.0432 e. The maximum atomic E-state index is 8.38. The third-order valence-corrected chi connectivity index (χ3v) is 2.41. The molecule has 0 heterocycles. The molecule has 0 unspecified atom stereocenters. The summed E-state index contributed by atoms with van der Waals surface area (Å²) >= 11 is 0. The molecule has 0 bridgehead atoms. The number of aryl methyl sites for hydroxylation is 1. The minimum atomic E-state index is -0.260. The first-order valence-electron chi connectivity index (χ1n) is 5.24. The van der Waals surface area contributed by atoms with Gasteiger partial charge in [0.15, 0.2) is 0 Å². The quantitative estimate of drug-likeness (QED) is 0.393. The van der Waals surface area contributed by atoms with E-state index in [1.165, 1.54) is 5.56 Å². The van der Waals surface area contributed by atoms with Crippen molar-refractivity contribution in [2.45, 2.75) is 38.6 Å². The summed E-state index contributed by atoms with van der Waals surface area (Å²) in [5.74, 6) is 0. The van der Waals surface area contributed by atoms with Gasteiger partial charge in [-0.15, -0.1) is 0 Å². The van der Waals surface area contributed by atoms with E-state index in [4.69, 9.17) is 5.53 Å². The summed E-state index contributed by atoms with van der Waals surface area (Å²) in [7, 11) is 0. The van der Waals surface area contributed by atoms with Crippen molar-refractivity contribution >= 4 is 0 Å². The predicted molar refractivity (Wildman–Crippen MR) is 62.6 cm³/mol. The number of nitrogens with zero attached hydrogens (tertiary/aromatic N) is 3. The fraction of sp³-hybridized carbons (Fsp3) is 0.500. The van der Waals surface area contributed by atoms with Crippen LogP contribution >= 0.6 is 0 Å². The van der Waals surface area contributed by atoms with Gasteiger partial charge in [0.1, 0.15) is 0 Å². The molecule has 1 aromatic carbocycles. The molecule has 0 atom stereocenters. The highest BCUT2D eigenvalue weighted by Gasteiger charge is 2.14. The van der Waals surface area contributed by atoms with Gasteiger partial charge in [-0.2, -0.15) is 0 Å². The molecule has 0 radical (unpaired) electrons. The first kappa shape index (κ1) is 11.6. The van der Waals surface area contributed by atoms with Gasteiger partial charge in [0.2, 0.25) is 0 Å². The van der Waals surface area contributed by atoms with E-state index < -0.39 is 0 Å². The van der Waals surface area contributed by atoms with Gasteiger partial charge in [-0.05, 0) is 30.4 Å². The second-order valence-electron chi connectivity index (χ2n) is 4.34. The van der Waals surface area contributed by atoms with Crippen LogP contribution in [0.4, 0.5) is 0 Å². The van der Waals surface area contributed by atoms with Gasteiger partial charge in [-0.25, -0.2) is 0 Å². The molecule has 0 aliphatic heterocycles. The molecular weight excluding hydrogens is 186 g/mol. The molecule has 0 spiro atoms. The van der Waals surface area contributed by atoms with Crippen LogP contribution in [0.25, 0.3) is 10.4 Å². The standard InChI is InChI=1S/C12H17N3/c1-12(2,14-15-13)10-6-9-11-7-4-3-5-8-11/h3-5,7-8H,6,9-10H2,1-2H3. The Hall–Kier alpha value is -1.47. The van der Waals surface area contributed by atoms with Crippen LogP contribution in [0.3, 0.4) is 0 Å². The van der Waals surface area contributed by atoms with Crippen molar-refractivity contribution in [1.82, 2.24) is 0 Å². The van der Waals surface area contributed by atoms with Crippen LogP contribution in [0.1, 0.15) is 32.3 Å². The van der Waals surface area contributed by atoms with Crippen molar-refractivity contribution < 1.29 is 0 Å². The van der Waals surface area contributed by atoms with E-state index in [-0.39, 0.29) is 5.54 Å². The van der Waals surface area contributed by atoms with E-state index in [9.17, 15) is 0 Å². The lowest BCUT2D eigenvalue weighted by molar-refractivity contribution is 0.457. The molecule has 0 aliphatic rings. The number of benzene rings is 1. The zero-order valence-electron chi connectivity index (χ0n) is 9.35. The minimum absolute atomic E-state index is 0.260. The second-order valence-corrected chi connectivity index (χ2v) is 4.34. The molecule has 0 aliphatic carbocycles. The molecule has 0 saturated heterocycles. The predicted octanol–water partition coefficient (Wildman–Crippen LogP) is 4.10. The van der Waals surface area contributed by atoms with Crippen molar-refractivity contribution in [3.63, 3.8) is 0 Å². The van der Waals surface area contributed by atoms with Gasteiger partial charge in [0.05, 0.1) is 0 Å². The highest BCUT2D eigenvalue weighted by atomic mass is 15.2. The number of rotatable bonds is 5. The molecule has 15 heavy (non-hydrogen) atoms. The molecule has 1 rings (SSSR count). The zero-order chi connectivity index (χ0) is 11.1. The van der Waals surface area contributed by atoms with Gasteiger partial charge in [-0.3, -0.25) is 0 Å². The first-order valence-corrected chi connectivity index (χ1v) is 5.24. The van der Waals surface area contributed by atoms with E-state index in [1.54, 1.807) is 0 Å². The zero-order valence-corrected chi connectivity index (χ0v) is 9.35. The van der Waals surface area contributed by atoms with E-state index in [0.717, 1.165) is 19.3 Å². The lowest BCUT2D eigenvalue weighted by Gasteiger charge is -2.16. The van der Waals surface area contributed by atoms with Crippen molar-refractivity contribution in [1.29, 1.82) is 0 Å². The lowest BCUT2D eigenvalue weighted by Crippen LogP contribution is -2.15. The monoisotopic (exact) mass is 203 g/mol. The average Bonchev–Trinajstić information content (AvgIpc) is 2.19. The van der Waals surface area contributed by atoms with E-state index in [2.05, 4.69) is 22.2 Å². The minimum Gasteiger partial charge on any atom is -0.0878 e. The summed E-state index contributed by atoms with van der Waals surface area (Å²) in [4.78, 5) is 2.86. The Morgan fingerprint density at radius 2 is 1.93 bits per heavy atom. The van der Waals surface area contributed by atoms with Crippen LogP contribution < -0.4 is 0 Å². The molecule has 0 fully saturated rings. The van der Waals surface area contributed by atoms with Crippen molar-refractivity contribution in [3.05, 3.63) is 46.3 Å². The Bertz CT molecular complexity index is 337. The lowest BCUT2D eigenvalue weighted by atomic mass is 9.97. The molecule has 0 N–H and O–H groups in total. The number of azide groups is 1. The summed E-state index contributed by atoms with van der Waals surface area (Å²) in [6.45, 7) is 3.94. The summed E-state index contributed by atoms with van der Waals surface area (Å²) in [5.41, 5.74) is 9.46. The molecule has 1 aromatic rings. The molecule has 3 nitrogen and oxygen atoms in total. The van der Waals surface area contributed by atoms with Gasteiger partial charge in [0, 0.05) is 10.5 Å². The molecule has 3 heteroatoms. The summed E-state index contributed by atoms with van der Waals surface area (Å²) in [5, 5.41) is 3.77. The number of hydrogen-bond acceptors (Lipinski definition) is 1. The van der Waals surface area contributed by atoms with Gasteiger partial charge in [0.25, 0.3) is 0 Å². The summed E-state index contributed by atoms with van der Waals surface area (Å²) in [6, 6.07) is 10.4. The fourth-order valence-corrected chi connectivity index (χ4v) is 1.54. The highest BCUT2D eigenvalue weighted by Crippen LogP contribution is 2.18. The summed E-state index contributed by atoms with van der Waals surface area (Å²) < 4.78 is 0. The normalized spacial score (nSPS) is 10.8. The Labute approximate surface area is 90.8 Å². The highest BCUT2D eigenvalue weighted by molar-refractivity contribution is 5.14. The van der Waals surface area contributed by atoms with E-state index >= 15 is 0 Å². The van der Waals surface area contributed by atoms with Gasteiger partial charge in [-0.1, -0.05) is 49.3 Å². The number of hydrogen-bond donors (Lipinski definition) is 0. The van der Waals surface area contributed by atoms with Crippen LogP contribution in [0, 0.1) is 0 Å². The summed E-state index contributed by atoms with van der Waals surface area (Å²) in [6.07, 6.45) is 3.02. The van der Waals surface area contributed by atoms with Gasteiger partial charge >= 0.3 is 0 Å². The SMILES string of the molecule is CC(C)(CCCc1ccccc1)N=[N+]=[N-]. The Kier molecular flexibility index (Phi) is 4.19. The third kappa shape index (κ3) is 4.52. The van der Waals surface area contributed by atoms with Crippen LogP contribution in [-0.4, -0.2) is 5.54 Å². The average molecular weight is 203 g/mol. The van der Waals surface area contributed by atoms with Crippen LogP contribution in [0.5, 0.6) is 0 Å². The maximum absolute atomic E-state index is 8.38. The Balaban J connectivity index is 2.37. The molecule has 0 aromatic heterocycles. The Morgan fingerprint density at radius 3 is 2.53 bits per heavy atom. The second kappa shape index (κ2) is 5.42. The molecule has 80 valence electrons.